The maximum atomic E-state index is 12.3. The number of hydrazine groups is 2. The van der Waals surface area contributed by atoms with Gasteiger partial charge in [-0.05, 0) is 77.2 Å². The minimum atomic E-state index is -3.80. The molecule has 0 aromatic heterocycles. The Labute approximate surface area is 278 Å². The zero-order valence-corrected chi connectivity index (χ0v) is 27.5. The maximum absolute atomic E-state index is 12.3. The normalized spacial score (nSPS) is 16.5. The van der Waals surface area contributed by atoms with E-state index in [-0.39, 0.29) is 20.9 Å². The van der Waals surface area contributed by atoms with Crippen LogP contribution in [0.1, 0.15) is 19.4 Å². The molecule has 0 saturated heterocycles. The van der Waals surface area contributed by atoms with Gasteiger partial charge in [-0.3, -0.25) is 9.59 Å². The van der Waals surface area contributed by atoms with Crippen molar-refractivity contribution in [2.75, 3.05) is 0 Å². The molecule has 0 bridgehead atoms. The van der Waals surface area contributed by atoms with Gasteiger partial charge in [0.1, 0.15) is 0 Å². The van der Waals surface area contributed by atoms with E-state index in [1.165, 1.54) is 67.1 Å². The van der Waals surface area contributed by atoms with Crippen LogP contribution in [0, 0.1) is 5.92 Å². The number of sulfonamides is 2. The highest BCUT2D eigenvalue weighted by atomic mass is 32.2. The number of nitrogens with one attached hydrogen (secondary N) is 4. The average Bonchev–Trinajstić information content (AvgIpc) is 3.05. The number of aliphatic hydroxyl groups is 2. The molecule has 0 unspecified atom stereocenters. The van der Waals surface area contributed by atoms with Crippen LogP contribution in [0.4, 0.5) is 0 Å². The fourth-order valence-corrected chi connectivity index (χ4v) is 6.10. The van der Waals surface area contributed by atoms with E-state index in [0.29, 0.717) is 5.92 Å². The van der Waals surface area contributed by atoms with Gasteiger partial charge in [0, 0.05) is 23.5 Å². The molecule has 3 aromatic carbocycles. The topological polar surface area (TPSA) is 191 Å². The molecule has 5 rings (SSSR count). The molecule has 14 heteroatoms. The highest BCUT2D eigenvalue weighted by Crippen LogP contribution is 2.19. The zero-order valence-electron chi connectivity index (χ0n) is 25.9. The Hall–Kier alpha value is -5.28. The molecule has 0 atom stereocenters. The number of fused-ring (bicyclic) bond motifs is 1. The minimum Gasteiger partial charge on any atom is -0.504 e. The largest absolute Gasteiger partial charge is 0.504 e. The summed E-state index contributed by atoms with van der Waals surface area (Å²) in [5.41, 5.74) is 6.11. The van der Waals surface area contributed by atoms with Gasteiger partial charge >= 0.3 is 0 Å². The first-order valence-corrected chi connectivity index (χ1v) is 17.5. The van der Waals surface area contributed by atoms with Gasteiger partial charge in [0.05, 0.1) is 9.79 Å². The molecule has 250 valence electrons. The van der Waals surface area contributed by atoms with Crippen LogP contribution in [0.3, 0.4) is 0 Å². The van der Waals surface area contributed by atoms with E-state index < -0.39 is 43.1 Å². The van der Waals surface area contributed by atoms with Crippen LogP contribution >= 0.6 is 0 Å². The lowest BCUT2D eigenvalue weighted by atomic mass is 10.0. The molecule has 0 amide bonds. The summed E-state index contributed by atoms with van der Waals surface area (Å²) >= 11 is 0. The van der Waals surface area contributed by atoms with Crippen LogP contribution in [-0.4, -0.2) is 38.6 Å². The Morgan fingerprint density at radius 2 is 1.15 bits per heavy atom. The lowest BCUT2D eigenvalue weighted by Gasteiger charge is -2.10. The van der Waals surface area contributed by atoms with Crippen molar-refractivity contribution in [2.24, 2.45) is 5.92 Å². The average molecular weight is 691 g/mol. The Balaban J connectivity index is 0.000000217. The summed E-state index contributed by atoms with van der Waals surface area (Å²) in [7, 11) is -7.56. The van der Waals surface area contributed by atoms with Crippen LogP contribution in [0.2, 0.25) is 0 Å². The van der Waals surface area contributed by atoms with E-state index in [1.54, 1.807) is 24.3 Å². The highest BCUT2D eigenvalue weighted by Gasteiger charge is 2.18. The number of Topliss-reactive ketones (excluding diaryl/α,β-unsaturated/α-hetero) is 2. The molecule has 2 aliphatic rings. The van der Waals surface area contributed by atoms with Gasteiger partial charge in [-0.2, -0.15) is 0 Å². The summed E-state index contributed by atoms with van der Waals surface area (Å²) in [6.45, 7) is 4.19. The van der Waals surface area contributed by atoms with Crippen molar-refractivity contribution in [1.82, 2.24) is 20.5 Å². The Kier molecular flexibility index (Phi) is 11.5. The van der Waals surface area contributed by atoms with Crippen molar-refractivity contribution >= 4 is 42.4 Å². The molecule has 0 radical (unpaired) electrons. The van der Waals surface area contributed by atoms with E-state index in [9.17, 15) is 36.6 Å². The summed E-state index contributed by atoms with van der Waals surface area (Å²) in [6.07, 6.45) is 11.7. The van der Waals surface area contributed by atoms with Crippen molar-refractivity contribution < 1.29 is 36.6 Å². The summed E-state index contributed by atoms with van der Waals surface area (Å²) in [6, 6.07) is 18.8. The number of ketones is 2. The van der Waals surface area contributed by atoms with Crippen molar-refractivity contribution in [2.45, 2.75) is 30.1 Å². The predicted molar refractivity (Wildman–Crippen MR) is 182 cm³/mol. The van der Waals surface area contributed by atoms with Gasteiger partial charge in [-0.1, -0.05) is 68.5 Å². The number of aliphatic hydroxyl groups excluding tert-OH is 2. The fraction of sp³-hybridized carbons (Fsp3) is 0.118. The molecule has 0 saturated carbocycles. The lowest BCUT2D eigenvalue weighted by Crippen LogP contribution is -2.34. The van der Waals surface area contributed by atoms with Crippen LogP contribution in [-0.2, 0) is 36.1 Å². The Morgan fingerprint density at radius 1 is 0.667 bits per heavy atom. The number of hydrogen-bond acceptors (Lipinski definition) is 10. The number of allylic oxidation sites excluding steroid dienone is 8. The SMILES string of the molecule is CC(C)Cc1ccc(S(=O)(=O)NNC=C2C=CC=C(O)C2=O)cc1.O=C1C(O)=CC=CC1=CNNS(=O)(=O)c1ccc2ccccc2c1. The quantitative estimate of drug-likeness (QED) is 0.133. The van der Waals surface area contributed by atoms with Crippen LogP contribution in [0.5, 0.6) is 0 Å². The smallest absolute Gasteiger partial charge is 0.257 e. The lowest BCUT2D eigenvalue weighted by molar-refractivity contribution is -0.115. The van der Waals surface area contributed by atoms with E-state index in [1.807, 2.05) is 24.3 Å². The first kappa shape index (κ1) is 35.6. The summed E-state index contributed by atoms with van der Waals surface area (Å²) in [5.74, 6) is -1.47. The van der Waals surface area contributed by atoms with E-state index in [4.69, 9.17) is 0 Å². The second-order valence-electron chi connectivity index (χ2n) is 10.9. The third-order valence-corrected chi connectivity index (χ3v) is 9.34. The molecule has 3 aromatic rings. The fourth-order valence-electron chi connectivity index (χ4n) is 4.41. The third kappa shape index (κ3) is 9.39. The Bertz CT molecular complexity index is 2110. The minimum absolute atomic E-state index is 0.0976. The molecule has 2 aliphatic carbocycles. The third-order valence-electron chi connectivity index (χ3n) is 6.80. The van der Waals surface area contributed by atoms with Crippen molar-refractivity contribution in [3.05, 3.63) is 144 Å². The molecular weight excluding hydrogens is 657 g/mol. The molecule has 0 fully saturated rings. The maximum Gasteiger partial charge on any atom is 0.257 e. The predicted octanol–water partition coefficient (Wildman–Crippen LogP) is 4.22. The van der Waals surface area contributed by atoms with Gasteiger partial charge in [0.2, 0.25) is 11.6 Å². The monoisotopic (exact) mass is 690 g/mol. The molecule has 6 N–H and O–H groups in total. The van der Waals surface area contributed by atoms with Crippen molar-refractivity contribution in [3.8, 4) is 0 Å². The van der Waals surface area contributed by atoms with Gasteiger partial charge < -0.3 is 21.1 Å². The van der Waals surface area contributed by atoms with Crippen LogP contribution in [0.15, 0.2) is 148 Å². The van der Waals surface area contributed by atoms with Crippen LogP contribution in [0.25, 0.3) is 10.8 Å². The van der Waals surface area contributed by atoms with E-state index in [0.717, 1.165) is 22.8 Å². The van der Waals surface area contributed by atoms with Gasteiger partial charge in [-0.25, -0.2) is 16.8 Å². The molecule has 0 heterocycles. The second-order valence-corrected chi connectivity index (χ2v) is 14.3. The number of carbonyl (C=O) groups is 2. The van der Waals surface area contributed by atoms with Gasteiger partial charge in [0.15, 0.2) is 11.5 Å². The number of rotatable bonds is 10. The Morgan fingerprint density at radius 3 is 1.67 bits per heavy atom. The standard InChI is InChI=1S/C17H14N2O4S.C17H20N2O4S/c20-16-7-3-6-14(17(16)21)11-18-19-24(22,23)15-9-8-12-4-1-2-5-13(12)10-15;1-12(2)10-13-6-8-15(9-7-13)24(22,23)19-18-11-14-4-3-5-16(20)17(14)21/h1-11,18-20H;3-9,11-12,18-20H,10H2,1-2H3. The second kappa shape index (κ2) is 15.5. The summed E-state index contributed by atoms with van der Waals surface area (Å²) < 4.78 is 49.0. The molecular formula is C34H34N4O8S2. The first-order valence-electron chi connectivity index (χ1n) is 14.5. The van der Waals surface area contributed by atoms with Crippen molar-refractivity contribution in [3.63, 3.8) is 0 Å². The molecule has 12 nitrogen and oxygen atoms in total. The molecule has 0 aliphatic heterocycles. The van der Waals surface area contributed by atoms with Crippen molar-refractivity contribution in [1.29, 1.82) is 0 Å². The summed E-state index contributed by atoms with van der Waals surface area (Å²) in [5, 5.41) is 20.4. The van der Waals surface area contributed by atoms with Gasteiger partial charge in [0.25, 0.3) is 20.0 Å². The van der Waals surface area contributed by atoms with Gasteiger partial charge in [-0.15, -0.1) is 9.66 Å². The zero-order chi connectivity index (χ0) is 34.9. The first-order chi connectivity index (χ1) is 22.8. The number of carbonyl (C=O) groups excluding carboxylic acids is 2. The van der Waals surface area contributed by atoms with E-state index >= 15 is 0 Å². The van der Waals surface area contributed by atoms with E-state index in [2.05, 4.69) is 34.4 Å². The number of hydrogen-bond donors (Lipinski definition) is 6. The highest BCUT2D eigenvalue weighted by molar-refractivity contribution is 7.89. The summed E-state index contributed by atoms with van der Waals surface area (Å²) in [4.78, 5) is 27.8. The van der Waals surface area contributed by atoms with Crippen LogP contribution < -0.4 is 20.5 Å². The number of benzene rings is 3. The molecule has 48 heavy (non-hydrogen) atoms. The molecule has 0 spiro atoms.